The van der Waals surface area contributed by atoms with Crippen molar-refractivity contribution in [3.05, 3.63) is 52.4 Å². The highest BCUT2D eigenvalue weighted by atomic mass is 79.9. The van der Waals surface area contributed by atoms with Crippen LogP contribution in [0.25, 0.3) is 0 Å². The molecule has 1 aromatic heterocycles. The lowest BCUT2D eigenvalue weighted by molar-refractivity contribution is 0.0987. The number of hydrogen-bond acceptors (Lipinski definition) is 3. The Bertz CT molecular complexity index is 551. The first-order valence-electron chi connectivity index (χ1n) is 5.33. The van der Waals surface area contributed by atoms with Crippen LogP contribution in [0.1, 0.15) is 16.3 Å². The van der Waals surface area contributed by atoms with Crippen molar-refractivity contribution in [1.82, 2.24) is 0 Å². The van der Waals surface area contributed by atoms with E-state index in [-0.39, 0.29) is 11.7 Å². The predicted octanol–water partition coefficient (Wildman–Crippen LogP) is 3.44. The van der Waals surface area contributed by atoms with Crippen LogP contribution in [-0.2, 0) is 11.3 Å². The number of rotatable bonds is 4. The average Bonchev–Trinajstić information content (AvgIpc) is 2.78. The molecule has 18 heavy (non-hydrogen) atoms. The van der Waals surface area contributed by atoms with Crippen LogP contribution in [0.15, 0.2) is 45.3 Å². The minimum atomic E-state index is -0.282. The number of carbonyl (C=O) groups excluding carboxylic acids is 1. The van der Waals surface area contributed by atoms with Gasteiger partial charge in [0.05, 0.1) is 0 Å². The van der Waals surface area contributed by atoms with Gasteiger partial charge in [0.1, 0.15) is 12.4 Å². The molecule has 0 unspecified atom stereocenters. The number of hydrogen-bond donors (Lipinski definition) is 1. The van der Waals surface area contributed by atoms with Crippen LogP contribution in [0, 0.1) is 0 Å². The van der Waals surface area contributed by atoms with Crippen molar-refractivity contribution in [2.75, 3.05) is 12.4 Å². The monoisotopic (exact) mass is 309 g/mol. The SMILES string of the molecule is COCc1ccc(C(=O)Nc2cccc(Br)c2)o1. The second kappa shape index (κ2) is 5.84. The summed E-state index contributed by atoms with van der Waals surface area (Å²) in [5.41, 5.74) is 0.707. The molecule has 94 valence electrons. The zero-order valence-corrected chi connectivity index (χ0v) is 11.4. The number of furan rings is 1. The first-order valence-corrected chi connectivity index (χ1v) is 6.13. The van der Waals surface area contributed by atoms with E-state index in [1.807, 2.05) is 24.3 Å². The summed E-state index contributed by atoms with van der Waals surface area (Å²) in [4.78, 5) is 11.9. The number of amides is 1. The Balaban J connectivity index is 2.07. The molecule has 0 aliphatic heterocycles. The molecule has 1 amide bonds. The first-order chi connectivity index (χ1) is 8.69. The summed E-state index contributed by atoms with van der Waals surface area (Å²) in [6.07, 6.45) is 0. The Labute approximate surface area is 113 Å². The number of methoxy groups -OCH3 is 1. The van der Waals surface area contributed by atoms with E-state index in [0.717, 1.165) is 4.47 Å². The summed E-state index contributed by atoms with van der Waals surface area (Å²) < 4.78 is 11.2. The van der Waals surface area contributed by atoms with Gasteiger partial charge in [-0.1, -0.05) is 22.0 Å². The van der Waals surface area contributed by atoms with Crippen LogP contribution in [0.2, 0.25) is 0 Å². The Morgan fingerprint density at radius 2 is 2.22 bits per heavy atom. The van der Waals surface area contributed by atoms with Crippen LogP contribution in [-0.4, -0.2) is 13.0 Å². The molecule has 0 saturated heterocycles. The summed E-state index contributed by atoms with van der Waals surface area (Å²) in [7, 11) is 1.57. The number of anilines is 1. The molecule has 0 atom stereocenters. The van der Waals surface area contributed by atoms with Crippen molar-refractivity contribution >= 4 is 27.5 Å². The molecule has 1 heterocycles. The Morgan fingerprint density at radius 3 is 2.94 bits per heavy atom. The molecule has 1 aromatic carbocycles. The highest BCUT2D eigenvalue weighted by molar-refractivity contribution is 9.10. The maximum atomic E-state index is 11.9. The number of carbonyl (C=O) groups is 1. The van der Waals surface area contributed by atoms with Gasteiger partial charge < -0.3 is 14.5 Å². The van der Waals surface area contributed by atoms with Gasteiger partial charge in [0.2, 0.25) is 0 Å². The Kier molecular flexibility index (Phi) is 4.17. The van der Waals surface area contributed by atoms with Gasteiger partial charge in [-0.3, -0.25) is 4.79 Å². The summed E-state index contributed by atoms with van der Waals surface area (Å²) in [5.74, 6) is 0.606. The van der Waals surface area contributed by atoms with E-state index in [4.69, 9.17) is 9.15 Å². The van der Waals surface area contributed by atoms with E-state index in [2.05, 4.69) is 21.2 Å². The highest BCUT2D eigenvalue weighted by Gasteiger charge is 2.11. The molecule has 2 aromatic rings. The second-order valence-electron chi connectivity index (χ2n) is 3.66. The van der Waals surface area contributed by atoms with Gasteiger partial charge in [-0.05, 0) is 30.3 Å². The van der Waals surface area contributed by atoms with E-state index in [1.54, 1.807) is 19.2 Å². The second-order valence-corrected chi connectivity index (χ2v) is 4.58. The fourth-order valence-corrected chi connectivity index (χ4v) is 1.88. The van der Waals surface area contributed by atoms with Gasteiger partial charge in [-0.25, -0.2) is 0 Å². The molecule has 2 rings (SSSR count). The Hall–Kier alpha value is -1.59. The normalized spacial score (nSPS) is 10.3. The van der Waals surface area contributed by atoms with Crippen LogP contribution in [0.3, 0.4) is 0 Å². The van der Waals surface area contributed by atoms with Gasteiger partial charge in [0.25, 0.3) is 5.91 Å². The molecular weight excluding hydrogens is 298 g/mol. The van der Waals surface area contributed by atoms with Crippen LogP contribution in [0.5, 0.6) is 0 Å². The van der Waals surface area contributed by atoms with Crippen LogP contribution < -0.4 is 5.32 Å². The molecule has 5 heteroatoms. The third-order valence-electron chi connectivity index (χ3n) is 2.25. The van der Waals surface area contributed by atoms with Crippen molar-refractivity contribution in [2.45, 2.75) is 6.61 Å². The lowest BCUT2D eigenvalue weighted by atomic mass is 10.3. The summed E-state index contributed by atoms with van der Waals surface area (Å²) in [5, 5.41) is 2.75. The average molecular weight is 310 g/mol. The Morgan fingerprint density at radius 1 is 1.39 bits per heavy atom. The highest BCUT2D eigenvalue weighted by Crippen LogP contribution is 2.17. The van der Waals surface area contributed by atoms with Gasteiger partial charge >= 0.3 is 0 Å². The van der Waals surface area contributed by atoms with Crippen molar-refractivity contribution in [3.63, 3.8) is 0 Å². The minimum absolute atomic E-state index is 0.266. The molecule has 0 radical (unpaired) electrons. The molecule has 0 spiro atoms. The number of benzene rings is 1. The topological polar surface area (TPSA) is 51.5 Å². The molecule has 1 N–H and O–H groups in total. The van der Waals surface area contributed by atoms with Crippen LogP contribution in [0.4, 0.5) is 5.69 Å². The van der Waals surface area contributed by atoms with Crippen molar-refractivity contribution in [2.24, 2.45) is 0 Å². The van der Waals surface area contributed by atoms with Gasteiger partial charge in [-0.15, -0.1) is 0 Å². The van der Waals surface area contributed by atoms with Gasteiger partial charge in [-0.2, -0.15) is 0 Å². The van der Waals surface area contributed by atoms with E-state index in [0.29, 0.717) is 18.1 Å². The fourth-order valence-electron chi connectivity index (χ4n) is 1.48. The first kappa shape index (κ1) is 12.9. The maximum absolute atomic E-state index is 11.9. The molecule has 0 fully saturated rings. The van der Waals surface area contributed by atoms with Crippen molar-refractivity contribution in [1.29, 1.82) is 0 Å². The minimum Gasteiger partial charge on any atom is -0.453 e. The maximum Gasteiger partial charge on any atom is 0.291 e. The molecular formula is C13H12BrNO3. The van der Waals surface area contributed by atoms with Crippen molar-refractivity contribution < 1.29 is 13.9 Å². The smallest absolute Gasteiger partial charge is 0.291 e. The molecule has 0 aliphatic rings. The lowest BCUT2D eigenvalue weighted by Gasteiger charge is -2.03. The zero-order chi connectivity index (χ0) is 13.0. The number of halogens is 1. The van der Waals surface area contributed by atoms with Crippen LogP contribution >= 0.6 is 15.9 Å². The fraction of sp³-hybridized carbons (Fsp3) is 0.154. The number of nitrogens with one attached hydrogen (secondary N) is 1. The molecule has 4 nitrogen and oxygen atoms in total. The van der Waals surface area contributed by atoms with E-state index in [9.17, 15) is 4.79 Å². The third kappa shape index (κ3) is 3.21. The van der Waals surface area contributed by atoms with Gasteiger partial charge in [0.15, 0.2) is 5.76 Å². The largest absolute Gasteiger partial charge is 0.453 e. The summed E-state index contributed by atoms with van der Waals surface area (Å²) in [6, 6.07) is 10.7. The number of ether oxygens (including phenoxy) is 1. The molecule has 0 saturated carbocycles. The molecule has 0 bridgehead atoms. The standard InChI is InChI=1S/C13H12BrNO3/c1-17-8-11-5-6-12(18-11)13(16)15-10-4-2-3-9(14)7-10/h2-7H,8H2,1H3,(H,15,16). The zero-order valence-electron chi connectivity index (χ0n) is 9.77. The predicted molar refractivity (Wildman–Crippen MR) is 71.5 cm³/mol. The van der Waals surface area contributed by atoms with Gasteiger partial charge in [0, 0.05) is 17.3 Å². The molecule has 0 aliphatic carbocycles. The summed E-state index contributed by atoms with van der Waals surface area (Å²) >= 11 is 3.34. The van der Waals surface area contributed by atoms with Crippen molar-refractivity contribution in [3.8, 4) is 0 Å². The quantitative estimate of drug-likeness (QED) is 0.941. The lowest BCUT2D eigenvalue weighted by Crippen LogP contribution is -2.10. The van der Waals surface area contributed by atoms with E-state index < -0.39 is 0 Å². The van der Waals surface area contributed by atoms with E-state index in [1.165, 1.54) is 0 Å². The summed E-state index contributed by atoms with van der Waals surface area (Å²) in [6.45, 7) is 0.351. The van der Waals surface area contributed by atoms with E-state index >= 15 is 0 Å². The third-order valence-corrected chi connectivity index (χ3v) is 2.75.